The van der Waals surface area contributed by atoms with Crippen LogP contribution in [0, 0.1) is 0 Å². The Labute approximate surface area is 87.7 Å². The molecule has 0 amide bonds. The molecule has 1 aromatic rings. The van der Waals surface area contributed by atoms with Crippen molar-refractivity contribution in [2.24, 2.45) is 0 Å². The van der Waals surface area contributed by atoms with Crippen LogP contribution in [0.25, 0.3) is 0 Å². The van der Waals surface area contributed by atoms with Crippen LogP contribution in [0.15, 0.2) is 18.3 Å². The molecule has 0 radical (unpaired) electrons. The number of hydrogen-bond donors (Lipinski definition) is 0. The molecule has 0 saturated heterocycles. The van der Waals surface area contributed by atoms with Crippen molar-refractivity contribution in [1.29, 1.82) is 0 Å². The summed E-state index contributed by atoms with van der Waals surface area (Å²) >= 11 is 7.68. The standard InChI is InChI=1S/C9H12ClNOS/c1-12-5-6-13-7-8-3-2-4-11-9(8)10/h2-4H,5-7H2,1H3. The van der Waals surface area contributed by atoms with Gasteiger partial charge in [-0.3, -0.25) is 0 Å². The summed E-state index contributed by atoms with van der Waals surface area (Å²) in [6.45, 7) is 0.780. The van der Waals surface area contributed by atoms with E-state index >= 15 is 0 Å². The van der Waals surface area contributed by atoms with Crippen molar-refractivity contribution < 1.29 is 4.74 Å². The van der Waals surface area contributed by atoms with E-state index in [0.717, 1.165) is 23.7 Å². The number of thioether (sulfide) groups is 1. The molecular formula is C9H12ClNOS. The average Bonchev–Trinajstić information content (AvgIpc) is 2.15. The van der Waals surface area contributed by atoms with Crippen LogP contribution in [0.2, 0.25) is 5.15 Å². The highest BCUT2D eigenvalue weighted by Crippen LogP contribution is 2.18. The monoisotopic (exact) mass is 217 g/mol. The molecule has 1 rings (SSSR count). The molecule has 0 bridgehead atoms. The number of methoxy groups -OCH3 is 1. The van der Waals surface area contributed by atoms with Gasteiger partial charge in [0, 0.05) is 24.8 Å². The highest BCUT2D eigenvalue weighted by atomic mass is 35.5. The minimum absolute atomic E-state index is 0.604. The van der Waals surface area contributed by atoms with Crippen LogP contribution in [-0.2, 0) is 10.5 Å². The van der Waals surface area contributed by atoms with Gasteiger partial charge in [0.15, 0.2) is 0 Å². The second-order valence-corrected chi connectivity index (χ2v) is 3.96. The number of pyridine rings is 1. The van der Waals surface area contributed by atoms with Gasteiger partial charge in [-0.15, -0.1) is 0 Å². The Bertz CT molecular complexity index is 257. The molecule has 13 heavy (non-hydrogen) atoms. The van der Waals surface area contributed by atoms with E-state index in [1.807, 2.05) is 12.1 Å². The second-order valence-electron chi connectivity index (χ2n) is 2.50. The van der Waals surface area contributed by atoms with E-state index < -0.39 is 0 Å². The number of aromatic nitrogens is 1. The van der Waals surface area contributed by atoms with Gasteiger partial charge in [-0.25, -0.2) is 4.98 Å². The Morgan fingerprint density at radius 3 is 3.15 bits per heavy atom. The number of rotatable bonds is 5. The van der Waals surface area contributed by atoms with Gasteiger partial charge in [0.1, 0.15) is 5.15 Å². The van der Waals surface area contributed by atoms with Gasteiger partial charge < -0.3 is 4.74 Å². The summed E-state index contributed by atoms with van der Waals surface area (Å²) < 4.78 is 4.94. The molecule has 0 atom stereocenters. The molecule has 0 aliphatic carbocycles. The maximum atomic E-state index is 5.88. The third-order valence-electron chi connectivity index (χ3n) is 1.53. The third-order valence-corrected chi connectivity index (χ3v) is 2.84. The second kappa shape index (κ2) is 6.24. The van der Waals surface area contributed by atoms with Crippen molar-refractivity contribution in [1.82, 2.24) is 4.98 Å². The summed E-state index contributed by atoms with van der Waals surface area (Å²) in [5.41, 5.74) is 1.09. The zero-order valence-electron chi connectivity index (χ0n) is 7.50. The van der Waals surface area contributed by atoms with Crippen molar-refractivity contribution in [2.75, 3.05) is 19.5 Å². The van der Waals surface area contributed by atoms with Gasteiger partial charge in [0.2, 0.25) is 0 Å². The van der Waals surface area contributed by atoms with Gasteiger partial charge in [-0.05, 0) is 11.6 Å². The van der Waals surface area contributed by atoms with Gasteiger partial charge in [-0.2, -0.15) is 11.8 Å². The predicted molar refractivity (Wildman–Crippen MR) is 57.3 cm³/mol. The van der Waals surface area contributed by atoms with Crippen molar-refractivity contribution in [2.45, 2.75) is 5.75 Å². The van der Waals surface area contributed by atoms with Crippen LogP contribution >= 0.6 is 23.4 Å². The van der Waals surface area contributed by atoms with E-state index in [1.165, 1.54) is 0 Å². The van der Waals surface area contributed by atoms with Gasteiger partial charge in [-0.1, -0.05) is 17.7 Å². The fraction of sp³-hybridized carbons (Fsp3) is 0.444. The number of ether oxygens (including phenoxy) is 1. The van der Waals surface area contributed by atoms with Crippen molar-refractivity contribution in [3.8, 4) is 0 Å². The fourth-order valence-electron chi connectivity index (χ4n) is 0.851. The van der Waals surface area contributed by atoms with Crippen molar-refractivity contribution in [3.63, 3.8) is 0 Å². The molecule has 0 aromatic carbocycles. The molecule has 4 heteroatoms. The minimum Gasteiger partial charge on any atom is -0.384 e. The van der Waals surface area contributed by atoms with Crippen LogP contribution in [0.3, 0.4) is 0 Å². The highest BCUT2D eigenvalue weighted by Gasteiger charge is 1.99. The summed E-state index contributed by atoms with van der Waals surface area (Å²) in [5.74, 6) is 1.89. The van der Waals surface area contributed by atoms with E-state index in [0.29, 0.717) is 5.15 Å². The Morgan fingerprint density at radius 2 is 2.46 bits per heavy atom. The van der Waals surface area contributed by atoms with Gasteiger partial charge in [0.05, 0.1) is 6.61 Å². The molecule has 1 aromatic heterocycles. The molecule has 2 nitrogen and oxygen atoms in total. The first-order chi connectivity index (χ1) is 6.34. The highest BCUT2D eigenvalue weighted by molar-refractivity contribution is 7.98. The fourth-order valence-corrected chi connectivity index (χ4v) is 2.00. The van der Waals surface area contributed by atoms with E-state index in [1.54, 1.807) is 25.1 Å². The SMILES string of the molecule is COCCSCc1cccnc1Cl. The number of nitrogens with zero attached hydrogens (tertiary/aromatic N) is 1. The molecule has 72 valence electrons. The summed E-state index contributed by atoms with van der Waals surface area (Å²) in [4.78, 5) is 4.00. The summed E-state index contributed by atoms with van der Waals surface area (Å²) in [5, 5.41) is 0.604. The lowest BCUT2D eigenvalue weighted by Gasteiger charge is -2.02. The Morgan fingerprint density at radius 1 is 1.62 bits per heavy atom. The van der Waals surface area contributed by atoms with Crippen LogP contribution in [0.5, 0.6) is 0 Å². The lowest BCUT2D eigenvalue weighted by Crippen LogP contribution is -1.93. The van der Waals surface area contributed by atoms with E-state index in [9.17, 15) is 0 Å². The van der Waals surface area contributed by atoms with Crippen LogP contribution < -0.4 is 0 Å². The normalized spacial score (nSPS) is 10.3. The smallest absolute Gasteiger partial charge is 0.133 e. The number of hydrogen-bond acceptors (Lipinski definition) is 3. The zero-order valence-corrected chi connectivity index (χ0v) is 9.07. The quantitative estimate of drug-likeness (QED) is 0.559. The van der Waals surface area contributed by atoms with E-state index in [-0.39, 0.29) is 0 Å². The molecule has 0 fully saturated rings. The van der Waals surface area contributed by atoms with Crippen LogP contribution in [0.1, 0.15) is 5.56 Å². The minimum atomic E-state index is 0.604. The summed E-state index contributed by atoms with van der Waals surface area (Å²) in [6.07, 6.45) is 1.70. The Hall–Kier alpha value is -0.250. The van der Waals surface area contributed by atoms with Gasteiger partial charge in [0.25, 0.3) is 0 Å². The third kappa shape index (κ3) is 3.98. The number of halogens is 1. The molecule has 0 aliphatic rings. The first kappa shape index (κ1) is 10.8. The molecular weight excluding hydrogens is 206 g/mol. The lowest BCUT2D eigenvalue weighted by atomic mass is 10.3. The van der Waals surface area contributed by atoms with Crippen molar-refractivity contribution >= 4 is 23.4 Å². The molecule has 0 saturated carbocycles. The molecule has 0 unspecified atom stereocenters. The first-order valence-corrected chi connectivity index (χ1v) is 5.54. The topological polar surface area (TPSA) is 22.1 Å². The zero-order chi connectivity index (χ0) is 9.52. The maximum absolute atomic E-state index is 5.88. The van der Waals surface area contributed by atoms with Gasteiger partial charge >= 0.3 is 0 Å². The van der Waals surface area contributed by atoms with Crippen LogP contribution in [0.4, 0.5) is 0 Å². The molecule has 0 spiro atoms. The largest absolute Gasteiger partial charge is 0.384 e. The molecule has 0 N–H and O–H groups in total. The summed E-state index contributed by atoms with van der Waals surface area (Å²) in [6, 6.07) is 3.90. The molecule has 0 aliphatic heterocycles. The van der Waals surface area contributed by atoms with E-state index in [2.05, 4.69) is 4.98 Å². The summed E-state index contributed by atoms with van der Waals surface area (Å²) in [7, 11) is 1.71. The van der Waals surface area contributed by atoms with Crippen LogP contribution in [-0.4, -0.2) is 24.5 Å². The van der Waals surface area contributed by atoms with E-state index in [4.69, 9.17) is 16.3 Å². The molecule has 1 heterocycles. The maximum Gasteiger partial charge on any atom is 0.133 e. The Balaban J connectivity index is 2.32. The Kier molecular flexibility index (Phi) is 5.20. The average molecular weight is 218 g/mol. The predicted octanol–water partition coefficient (Wildman–Crippen LogP) is 2.61. The van der Waals surface area contributed by atoms with Crippen molar-refractivity contribution in [3.05, 3.63) is 29.0 Å². The lowest BCUT2D eigenvalue weighted by molar-refractivity contribution is 0.218. The first-order valence-electron chi connectivity index (χ1n) is 4.00.